The van der Waals surface area contributed by atoms with Crippen molar-refractivity contribution in [3.8, 4) is 0 Å². The Labute approximate surface area is 82.1 Å². The summed E-state index contributed by atoms with van der Waals surface area (Å²) in [6, 6.07) is -0.751. The molecule has 0 aromatic heterocycles. The minimum Gasteiger partial charge on any atom is -0.480 e. The third-order valence-corrected chi connectivity index (χ3v) is 2.64. The highest BCUT2D eigenvalue weighted by molar-refractivity contribution is 7.99. The van der Waals surface area contributed by atoms with Crippen LogP contribution in [-0.4, -0.2) is 35.0 Å². The second kappa shape index (κ2) is 7.91. The van der Waals surface area contributed by atoms with Gasteiger partial charge in [-0.3, -0.25) is 4.79 Å². The molecule has 0 aliphatic heterocycles. The molecule has 1 atom stereocenters. The van der Waals surface area contributed by atoms with Crippen LogP contribution in [0.2, 0.25) is 0 Å². The fourth-order valence-corrected chi connectivity index (χ4v) is 1.85. The highest BCUT2D eigenvalue weighted by atomic mass is 32.2. The van der Waals surface area contributed by atoms with Gasteiger partial charge in [0.15, 0.2) is 0 Å². The molecule has 0 spiro atoms. The molecule has 0 aromatic rings. The molecule has 1 amide bonds. The normalized spacial score (nSPS) is 12.1. The van der Waals surface area contributed by atoms with Crippen LogP contribution in [0.5, 0.6) is 0 Å². The molecular weight excluding hydrogens is 190 g/mol. The van der Waals surface area contributed by atoms with Crippen molar-refractivity contribution in [2.24, 2.45) is 0 Å². The van der Waals surface area contributed by atoms with Gasteiger partial charge in [-0.1, -0.05) is 13.3 Å². The van der Waals surface area contributed by atoms with Crippen molar-refractivity contribution < 1.29 is 14.7 Å². The second-order valence-electron chi connectivity index (χ2n) is 2.60. The summed E-state index contributed by atoms with van der Waals surface area (Å²) in [7, 11) is 0. The van der Waals surface area contributed by atoms with E-state index in [0.29, 0.717) is 12.2 Å². The van der Waals surface area contributed by atoms with Crippen molar-refractivity contribution in [3.05, 3.63) is 0 Å². The quantitative estimate of drug-likeness (QED) is 0.452. The number of aliphatic carboxylic acids is 1. The zero-order chi connectivity index (χ0) is 10.1. The lowest BCUT2D eigenvalue weighted by atomic mass is 10.3. The van der Waals surface area contributed by atoms with E-state index in [0.717, 1.165) is 18.6 Å². The molecule has 4 nitrogen and oxygen atoms in total. The van der Waals surface area contributed by atoms with Crippen LogP contribution in [0.3, 0.4) is 0 Å². The molecule has 0 saturated carbocycles. The van der Waals surface area contributed by atoms with Gasteiger partial charge in [0.25, 0.3) is 0 Å². The topological polar surface area (TPSA) is 66.4 Å². The number of unbranched alkanes of at least 4 members (excludes halogenated alkanes) is 1. The molecule has 0 fully saturated rings. The first-order valence-electron chi connectivity index (χ1n) is 4.22. The van der Waals surface area contributed by atoms with Gasteiger partial charge in [0, 0.05) is 5.75 Å². The average Bonchev–Trinajstić information content (AvgIpc) is 2.10. The summed E-state index contributed by atoms with van der Waals surface area (Å²) in [6.07, 6.45) is 2.61. The SMILES string of the molecule is CCCCSCC(NC=O)C(=O)O. The number of carbonyl (C=O) groups is 2. The van der Waals surface area contributed by atoms with E-state index in [1.807, 2.05) is 0 Å². The van der Waals surface area contributed by atoms with Crippen LogP contribution >= 0.6 is 11.8 Å². The van der Waals surface area contributed by atoms with Crippen LogP contribution in [0, 0.1) is 0 Å². The van der Waals surface area contributed by atoms with Crippen LogP contribution in [0.25, 0.3) is 0 Å². The summed E-state index contributed by atoms with van der Waals surface area (Å²) in [5.41, 5.74) is 0. The van der Waals surface area contributed by atoms with E-state index in [1.54, 1.807) is 11.8 Å². The lowest BCUT2D eigenvalue weighted by Crippen LogP contribution is -2.37. The molecular formula is C8H15NO3S. The van der Waals surface area contributed by atoms with Gasteiger partial charge in [-0.05, 0) is 12.2 Å². The van der Waals surface area contributed by atoms with Crippen LogP contribution in [0.1, 0.15) is 19.8 Å². The molecule has 0 radical (unpaired) electrons. The number of rotatable bonds is 8. The second-order valence-corrected chi connectivity index (χ2v) is 3.75. The van der Waals surface area contributed by atoms with Gasteiger partial charge in [0.1, 0.15) is 6.04 Å². The third kappa shape index (κ3) is 6.45. The summed E-state index contributed by atoms with van der Waals surface area (Å²) < 4.78 is 0. The Balaban J connectivity index is 3.56. The number of carboxylic acid groups (broad SMARTS) is 1. The van der Waals surface area contributed by atoms with E-state index in [1.165, 1.54) is 0 Å². The van der Waals surface area contributed by atoms with Gasteiger partial charge in [-0.2, -0.15) is 11.8 Å². The smallest absolute Gasteiger partial charge is 0.327 e. The van der Waals surface area contributed by atoms with Crippen LogP contribution in [-0.2, 0) is 9.59 Å². The average molecular weight is 205 g/mol. The van der Waals surface area contributed by atoms with Gasteiger partial charge in [0.2, 0.25) is 6.41 Å². The molecule has 0 saturated heterocycles. The van der Waals surface area contributed by atoms with Crippen molar-refractivity contribution in [1.29, 1.82) is 0 Å². The van der Waals surface area contributed by atoms with Gasteiger partial charge in [-0.25, -0.2) is 4.79 Å². The number of thioether (sulfide) groups is 1. The van der Waals surface area contributed by atoms with Gasteiger partial charge in [-0.15, -0.1) is 0 Å². The molecule has 76 valence electrons. The molecule has 0 aliphatic carbocycles. The highest BCUT2D eigenvalue weighted by Gasteiger charge is 2.15. The first-order valence-corrected chi connectivity index (χ1v) is 5.38. The summed E-state index contributed by atoms with van der Waals surface area (Å²) in [6.45, 7) is 2.08. The van der Waals surface area contributed by atoms with Crippen molar-refractivity contribution in [2.75, 3.05) is 11.5 Å². The number of hydrogen-bond acceptors (Lipinski definition) is 3. The Kier molecular flexibility index (Phi) is 7.48. The largest absolute Gasteiger partial charge is 0.480 e. The molecule has 13 heavy (non-hydrogen) atoms. The summed E-state index contributed by atoms with van der Waals surface area (Å²) >= 11 is 1.55. The van der Waals surface area contributed by atoms with Crippen LogP contribution in [0.15, 0.2) is 0 Å². The fourth-order valence-electron chi connectivity index (χ4n) is 0.720. The summed E-state index contributed by atoms with van der Waals surface area (Å²) in [4.78, 5) is 20.5. The molecule has 2 N–H and O–H groups in total. The number of carbonyl (C=O) groups excluding carboxylic acids is 1. The number of amides is 1. The van der Waals surface area contributed by atoms with Crippen LogP contribution in [0.4, 0.5) is 0 Å². The fraction of sp³-hybridized carbons (Fsp3) is 0.750. The third-order valence-electron chi connectivity index (χ3n) is 1.49. The molecule has 0 rings (SSSR count). The van der Waals surface area contributed by atoms with E-state index >= 15 is 0 Å². The van der Waals surface area contributed by atoms with Gasteiger partial charge in [0.05, 0.1) is 0 Å². The standard InChI is InChI=1S/C8H15NO3S/c1-2-3-4-13-5-7(8(11)12)9-6-10/h6-7H,2-5H2,1H3,(H,9,10)(H,11,12). The maximum atomic E-state index is 10.5. The predicted octanol–water partition coefficient (Wildman–Crippen LogP) is 0.719. The first kappa shape index (κ1) is 12.3. The van der Waals surface area contributed by atoms with Crippen molar-refractivity contribution >= 4 is 24.1 Å². The highest BCUT2D eigenvalue weighted by Crippen LogP contribution is 2.06. The minimum absolute atomic E-state index is 0.430. The van der Waals surface area contributed by atoms with Crippen molar-refractivity contribution in [1.82, 2.24) is 5.32 Å². The zero-order valence-corrected chi connectivity index (χ0v) is 8.47. The van der Waals surface area contributed by atoms with E-state index in [-0.39, 0.29) is 0 Å². The van der Waals surface area contributed by atoms with Crippen LogP contribution < -0.4 is 5.32 Å². The van der Waals surface area contributed by atoms with Gasteiger partial charge < -0.3 is 10.4 Å². The molecule has 1 unspecified atom stereocenters. The van der Waals surface area contributed by atoms with E-state index in [2.05, 4.69) is 12.2 Å². The zero-order valence-electron chi connectivity index (χ0n) is 7.66. The maximum absolute atomic E-state index is 10.5. The summed E-state index contributed by atoms with van der Waals surface area (Å²) in [5.74, 6) is 0.408. The lowest BCUT2D eigenvalue weighted by molar-refractivity contribution is -0.139. The predicted molar refractivity (Wildman–Crippen MR) is 52.9 cm³/mol. The molecule has 0 aliphatic rings. The van der Waals surface area contributed by atoms with E-state index in [4.69, 9.17) is 5.11 Å². The van der Waals surface area contributed by atoms with E-state index in [9.17, 15) is 9.59 Å². The molecule has 5 heteroatoms. The number of hydrogen-bond donors (Lipinski definition) is 2. The Morgan fingerprint density at radius 3 is 2.85 bits per heavy atom. The number of nitrogens with one attached hydrogen (secondary N) is 1. The van der Waals surface area contributed by atoms with E-state index < -0.39 is 12.0 Å². The molecule has 0 bridgehead atoms. The van der Waals surface area contributed by atoms with Gasteiger partial charge >= 0.3 is 5.97 Å². The summed E-state index contributed by atoms with van der Waals surface area (Å²) in [5, 5.41) is 10.9. The Morgan fingerprint density at radius 2 is 2.38 bits per heavy atom. The Hall–Kier alpha value is -0.710. The lowest BCUT2D eigenvalue weighted by Gasteiger charge is -2.09. The maximum Gasteiger partial charge on any atom is 0.327 e. The Bertz CT molecular complexity index is 163. The first-order chi connectivity index (χ1) is 6.22. The molecule has 0 aromatic carbocycles. The number of carboxylic acids is 1. The minimum atomic E-state index is -0.976. The monoisotopic (exact) mass is 205 g/mol. The van der Waals surface area contributed by atoms with Crippen molar-refractivity contribution in [3.63, 3.8) is 0 Å². The Morgan fingerprint density at radius 1 is 1.69 bits per heavy atom. The van der Waals surface area contributed by atoms with Crippen molar-refractivity contribution in [2.45, 2.75) is 25.8 Å². The molecule has 0 heterocycles.